The van der Waals surface area contributed by atoms with E-state index in [2.05, 4.69) is 16.8 Å². The topological polar surface area (TPSA) is 75.0 Å². The van der Waals surface area contributed by atoms with E-state index in [4.69, 9.17) is 5.73 Å². The first-order chi connectivity index (χ1) is 7.13. The van der Waals surface area contributed by atoms with Gasteiger partial charge in [-0.3, -0.25) is 14.8 Å². The van der Waals surface area contributed by atoms with Gasteiger partial charge in [0.15, 0.2) is 5.82 Å². The highest BCUT2D eigenvalue weighted by molar-refractivity contribution is 5.97. The summed E-state index contributed by atoms with van der Waals surface area (Å²) in [6, 6.07) is 0. The SMILES string of the molecule is C=CC1CC(=O)N(c2n[nH]c(C)c2N)C1. The van der Waals surface area contributed by atoms with Crippen LogP contribution in [0.4, 0.5) is 11.5 Å². The van der Waals surface area contributed by atoms with Crippen LogP contribution in [-0.4, -0.2) is 22.6 Å². The van der Waals surface area contributed by atoms with Crippen molar-refractivity contribution in [1.82, 2.24) is 10.2 Å². The standard InChI is InChI=1S/C10H14N4O/c1-3-7-4-8(15)14(5-7)10-9(11)6(2)12-13-10/h3,7H,1,4-5,11H2,2H3,(H,12,13). The molecule has 5 heteroatoms. The number of nitrogens with zero attached hydrogens (tertiary/aromatic N) is 2. The number of nitrogens with two attached hydrogens (primary N) is 1. The number of hydrogen-bond donors (Lipinski definition) is 2. The maximum Gasteiger partial charge on any atom is 0.228 e. The molecule has 5 nitrogen and oxygen atoms in total. The van der Waals surface area contributed by atoms with E-state index in [0.29, 0.717) is 24.5 Å². The second-order valence-electron chi connectivity index (χ2n) is 3.79. The molecule has 0 spiro atoms. The molecule has 3 N–H and O–H groups in total. The minimum absolute atomic E-state index is 0.0538. The summed E-state index contributed by atoms with van der Waals surface area (Å²) in [7, 11) is 0. The van der Waals surface area contributed by atoms with Gasteiger partial charge in [-0.2, -0.15) is 5.10 Å². The van der Waals surface area contributed by atoms with Crippen LogP contribution in [0.5, 0.6) is 0 Å². The molecule has 0 saturated carbocycles. The molecule has 1 unspecified atom stereocenters. The van der Waals surface area contributed by atoms with E-state index in [-0.39, 0.29) is 11.8 Å². The molecule has 1 aromatic heterocycles. The monoisotopic (exact) mass is 206 g/mol. The van der Waals surface area contributed by atoms with E-state index in [1.807, 2.05) is 6.92 Å². The van der Waals surface area contributed by atoms with Gasteiger partial charge in [0, 0.05) is 18.9 Å². The zero-order chi connectivity index (χ0) is 11.0. The number of aromatic amines is 1. The van der Waals surface area contributed by atoms with Crippen LogP contribution in [-0.2, 0) is 4.79 Å². The van der Waals surface area contributed by atoms with Crippen LogP contribution in [0, 0.1) is 12.8 Å². The predicted molar refractivity (Wildman–Crippen MR) is 58.4 cm³/mol. The maximum absolute atomic E-state index is 11.7. The summed E-state index contributed by atoms with van der Waals surface area (Å²) in [5.74, 6) is 0.800. The molecule has 1 aliphatic heterocycles. The Kier molecular flexibility index (Phi) is 2.22. The zero-order valence-corrected chi connectivity index (χ0v) is 8.66. The number of hydrogen-bond acceptors (Lipinski definition) is 3. The van der Waals surface area contributed by atoms with Gasteiger partial charge in [0.2, 0.25) is 5.91 Å². The van der Waals surface area contributed by atoms with Crippen LogP contribution in [0.15, 0.2) is 12.7 Å². The molecule has 0 bridgehead atoms. The van der Waals surface area contributed by atoms with Crippen LogP contribution in [0.25, 0.3) is 0 Å². The third kappa shape index (κ3) is 1.49. The minimum Gasteiger partial charge on any atom is -0.394 e. The first-order valence-corrected chi connectivity index (χ1v) is 4.87. The second-order valence-corrected chi connectivity index (χ2v) is 3.79. The third-order valence-corrected chi connectivity index (χ3v) is 2.72. The van der Waals surface area contributed by atoms with E-state index in [0.717, 1.165) is 5.69 Å². The summed E-state index contributed by atoms with van der Waals surface area (Å²) in [6.45, 7) is 6.15. The number of H-pyrrole nitrogens is 1. The number of carbonyl (C=O) groups is 1. The van der Waals surface area contributed by atoms with Gasteiger partial charge in [-0.05, 0) is 6.92 Å². The van der Waals surface area contributed by atoms with Crippen molar-refractivity contribution in [3.63, 3.8) is 0 Å². The summed E-state index contributed by atoms with van der Waals surface area (Å²) in [5.41, 5.74) is 7.16. The van der Waals surface area contributed by atoms with Gasteiger partial charge in [-0.1, -0.05) is 6.08 Å². The number of nitrogen functional groups attached to an aromatic ring is 1. The first kappa shape index (κ1) is 9.76. The Morgan fingerprint density at radius 1 is 1.73 bits per heavy atom. The molecular formula is C10H14N4O. The highest BCUT2D eigenvalue weighted by Crippen LogP contribution is 2.29. The molecular weight excluding hydrogens is 192 g/mol. The molecule has 15 heavy (non-hydrogen) atoms. The molecule has 1 saturated heterocycles. The largest absolute Gasteiger partial charge is 0.394 e. The van der Waals surface area contributed by atoms with Crippen molar-refractivity contribution in [3.8, 4) is 0 Å². The summed E-state index contributed by atoms with van der Waals surface area (Å²) in [6.07, 6.45) is 2.29. The highest BCUT2D eigenvalue weighted by atomic mass is 16.2. The van der Waals surface area contributed by atoms with Gasteiger partial charge in [0.05, 0.1) is 11.4 Å². The zero-order valence-electron chi connectivity index (χ0n) is 8.66. The molecule has 1 aliphatic rings. The normalized spacial score (nSPS) is 21.0. The Balaban J connectivity index is 2.29. The summed E-state index contributed by atoms with van der Waals surface area (Å²) in [5, 5.41) is 6.81. The van der Waals surface area contributed by atoms with Crippen molar-refractivity contribution < 1.29 is 4.79 Å². The fourth-order valence-electron chi connectivity index (χ4n) is 1.73. The van der Waals surface area contributed by atoms with Crippen molar-refractivity contribution in [3.05, 3.63) is 18.3 Å². The van der Waals surface area contributed by atoms with Crippen molar-refractivity contribution in [2.24, 2.45) is 5.92 Å². The van der Waals surface area contributed by atoms with Crippen molar-refractivity contribution >= 4 is 17.4 Å². The van der Waals surface area contributed by atoms with Crippen LogP contribution in [0.2, 0.25) is 0 Å². The van der Waals surface area contributed by atoms with Crippen molar-refractivity contribution in [2.45, 2.75) is 13.3 Å². The molecule has 0 radical (unpaired) electrons. The number of rotatable bonds is 2. The van der Waals surface area contributed by atoms with Crippen molar-refractivity contribution in [2.75, 3.05) is 17.2 Å². The van der Waals surface area contributed by atoms with E-state index in [9.17, 15) is 4.79 Å². The van der Waals surface area contributed by atoms with Gasteiger partial charge in [-0.25, -0.2) is 0 Å². The lowest BCUT2D eigenvalue weighted by atomic mass is 10.1. The van der Waals surface area contributed by atoms with E-state index >= 15 is 0 Å². The highest BCUT2D eigenvalue weighted by Gasteiger charge is 2.31. The average Bonchev–Trinajstić information content (AvgIpc) is 2.73. The lowest BCUT2D eigenvalue weighted by molar-refractivity contribution is -0.117. The van der Waals surface area contributed by atoms with Crippen LogP contribution < -0.4 is 10.6 Å². The number of anilines is 2. The van der Waals surface area contributed by atoms with E-state index in [1.165, 1.54) is 0 Å². The first-order valence-electron chi connectivity index (χ1n) is 4.87. The summed E-state index contributed by atoms with van der Waals surface area (Å²) >= 11 is 0. The van der Waals surface area contributed by atoms with E-state index in [1.54, 1.807) is 11.0 Å². The smallest absolute Gasteiger partial charge is 0.228 e. The minimum atomic E-state index is 0.0538. The molecule has 1 atom stereocenters. The number of amides is 1. The molecule has 80 valence electrons. The Labute approximate surface area is 87.9 Å². The lowest BCUT2D eigenvalue weighted by Crippen LogP contribution is -2.25. The lowest BCUT2D eigenvalue weighted by Gasteiger charge is -2.13. The van der Waals surface area contributed by atoms with Crippen LogP contribution >= 0.6 is 0 Å². The number of aromatic nitrogens is 2. The van der Waals surface area contributed by atoms with Gasteiger partial charge < -0.3 is 5.73 Å². The molecule has 2 heterocycles. The fraction of sp³-hybridized carbons (Fsp3) is 0.400. The predicted octanol–water partition coefficient (Wildman–Crippen LogP) is 0.839. The van der Waals surface area contributed by atoms with Gasteiger partial charge in [0.1, 0.15) is 0 Å². The van der Waals surface area contributed by atoms with Crippen molar-refractivity contribution in [1.29, 1.82) is 0 Å². The molecule has 1 aromatic rings. The number of carbonyl (C=O) groups excluding carboxylic acids is 1. The van der Waals surface area contributed by atoms with Gasteiger partial charge >= 0.3 is 0 Å². The summed E-state index contributed by atoms with van der Waals surface area (Å²) in [4.78, 5) is 13.3. The quantitative estimate of drug-likeness (QED) is 0.704. The van der Waals surface area contributed by atoms with E-state index < -0.39 is 0 Å². The Hall–Kier alpha value is -1.78. The number of aryl methyl sites for hydroxylation is 1. The Bertz CT molecular complexity index is 410. The fourth-order valence-corrected chi connectivity index (χ4v) is 1.73. The Morgan fingerprint density at radius 3 is 2.93 bits per heavy atom. The molecule has 0 aliphatic carbocycles. The van der Waals surface area contributed by atoms with Crippen LogP contribution in [0.1, 0.15) is 12.1 Å². The van der Waals surface area contributed by atoms with Crippen LogP contribution in [0.3, 0.4) is 0 Å². The average molecular weight is 206 g/mol. The Morgan fingerprint density at radius 2 is 2.47 bits per heavy atom. The second kappa shape index (κ2) is 3.42. The molecule has 1 fully saturated rings. The summed E-state index contributed by atoms with van der Waals surface area (Å²) < 4.78 is 0. The maximum atomic E-state index is 11.7. The molecule has 1 amide bonds. The molecule has 0 aromatic carbocycles. The molecule has 2 rings (SSSR count). The number of nitrogens with one attached hydrogen (secondary N) is 1. The third-order valence-electron chi connectivity index (χ3n) is 2.72. The van der Waals surface area contributed by atoms with Gasteiger partial charge in [0.25, 0.3) is 0 Å². The van der Waals surface area contributed by atoms with Gasteiger partial charge in [-0.15, -0.1) is 6.58 Å².